The maximum atomic E-state index is 12.2. The second kappa shape index (κ2) is 12.7. The number of nitrogens with one attached hydrogen (secondary N) is 2. The molecule has 0 aliphatic carbocycles. The Morgan fingerprint density at radius 1 is 0.974 bits per heavy atom. The number of methoxy groups -OCH3 is 3. The summed E-state index contributed by atoms with van der Waals surface area (Å²) in [6, 6.07) is 7.42. The van der Waals surface area contributed by atoms with Gasteiger partial charge in [0.05, 0.1) is 32.7 Å². The molecule has 0 aliphatic rings. The molecule has 1 heterocycles. The Balaban J connectivity index is 1.97. The number of benzene rings is 2. The predicted molar refractivity (Wildman–Crippen MR) is 150 cm³/mol. The standard InChI is InChI=1S/C27H35N7O4/c1-9-24(35)30-20-15-19(17(2)12-21(20)34(5)11-10-33(3)4)31-27-29-16-28-26(32-27)18-13-22(36-6)25(38-8)23(14-18)37-7/h9,12-16H,1,10-11H2,2-8H3,(H,30,35)(H,28,29,31,32). The van der Waals surface area contributed by atoms with Crippen molar-refractivity contribution in [2.45, 2.75) is 6.92 Å². The van der Waals surface area contributed by atoms with Crippen LogP contribution in [0.25, 0.3) is 11.4 Å². The number of anilines is 4. The van der Waals surface area contributed by atoms with Crippen molar-refractivity contribution < 1.29 is 19.0 Å². The van der Waals surface area contributed by atoms with Gasteiger partial charge in [-0.3, -0.25) is 4.79 Å². The van der Waals surface area contributed by atoms with Crippen LogP contribution in [0.3, 0.4) is 0 Å². The topological polar surface area (TPSA) is 114 Å². The van der Waals surface area contributed by atoms with Crippen molar-refractivity contribution >= 4 is 28.9 Å². The van der Waals surface area contributed by atoms with E-state index in [0.717, 1.165) is 30.0 Å². The average molecular weight is 522 g/mol. The normalized spacial score (nSPS) is 10.6. The van der Waals surface area contributed by atoms with Crippen LogP contribution in [0.5, 0.6) is 17.2 Å². The fraction of sp³-hybridized carbons (Fsp3) is 0.333. The highest BCUT2D eigenvalue weighted by atomic mass is 16.5. The number of likely N-dealkylation sites (N-methyl/N-ethyl adjacent to an activating group) is 2. The van der Waals surface area contributed by atoms with Gasteiger partial charge in [0.2, 0.25) is 17.6 Å². The summed E-state index contributed by atoms with van der Waals surface area (Å²) in [5.41, 5.74) is 3.87. The molecule has 11 nitrogen and oxygen atoms in total. The van der Waals surface area contributed by atoms with Gasteiger partial charge < -0.3 is 34.6 Å². The van der Waals surface area contributed by atoms with Crippen LogP contribution >= 0.6 is 0 Å². The van der Waals surface area contributed by atoms with E-state index >= 15 is 0 Å². The van der Waals surface area contributed by atoms with Gasteiger partial charge in [0, 0.05) is 31.4 Å². The maximum absolute atomic E-state index is 12.2. The van der Waals surface area contributed by atoms with Crippen molar-refractivity contribution in [3.63, 3.8) is 0 Å². The Labute approximate surface area is 223 Å². The van der Waals surface area contributed by atoms with E-state index in [1.54, 1.807) is 33.5 Å². The predicted octanol–water partition coefficient (Wildman–Crippen LogP) is 3.74. The van der Waals surface area contributed by atoms with E-state index in [-0.39, 0.29) is 5.91 Å². The Bertz CT molecular complexity index is 1270. The number of hydrogen-bond acceptors (Lipinski definition) is 10. The first-order valence-electron chi connectivity index (χ1n) is 11.9. The molecule has 0 saturated carbocycles. The number of aromatic nitrogens is 3. The molecule has 2 N–H and O–H groups in total. The first-order valence-corrected chi connectivity index (χ1v) is 11.9. The smallest absolute Gasteiger partial charge is 0.247 e. The molecule has 3 rings (SSSR count). The molecule has 0 spiro atoms. The van der Waals surface area contributed by atoms with Crippen LogP contribution in [0.1, 0.15) is 5.56 Å². The first-order chi connectivity index (χ1) is 18.2. The van der Waals surface area contributed by atoms with Gasteiger partial charge >= 0.3 is 0 Å². The summed E-state index contributed by atoms with van der Waals surface area (Å²) in [6.07, 6.45) is 2.67. The lowest BCUT2D eigenvalue weighted by atomic mass is 10.1. The molecule has 3 aromatic rings. The lowest BCUT2D eigenvalue weighted by molar-refractivity contribution is -0.111. The number of rotatable bonds is 12. The summed E-state index contributed by atoms with van der Waals surface area (Å²) in [4.78, 5) is 29.6. The van der Waals surface area contributed by atoms with Gasteiger partial charge in [-0.2, -0.15) is 4.98 Å². The van der Waals surface area contributed by atoms with E-state index in [0.29, 0.717) is 40.3 Å². The minimum Gasteiger partial charge on any atom is -0.493 e. The minimum atomic E-state index is -0.299. The maximum Gasteiger partial charge on any atom is 0.247 e. The zero-order chi connectivity index (χ0) is 27.8. The third-order valence-electron chi connectivity index (χ3n) is 5.82. The van der Waals surface area contributed by atoms with Crippen LogP contribution in [-0.2, 0) is 4.79 Å². The van der Waals surface area contributed by atoms with Crippen molar-refractivity contribution in [2.75, 3.05) is 71.1 Å². The monoisotopic (exact) mass is 521 g/mol. The van der Waals surface area contributed by atoms with E-state index in [4.69, 9.17) is 14.2 Å². The molecule has 0 fully saturated rings. The van der Waals surface area contributed by atoms with E-state index < -0.39 is 0 Å². The molecule has 2 aromatic carbocycles. The van der Waals surface area contributed by atoms with Gasteiger partial charge in [0.1, 0.15) is 6.33 Å². The number of carbonyl (C=O) groups is 1. The van der Waals surface area contributed by atoms with Gasteiger partial charge in [0.25, 0.3) is 0 Å². The fourth-order valence-corrected chi connectivity index (χ4v) is 3.72. The molecule has 0 aliphatic heterocycles. The molecule has 1 aromatic heterocycles. The molecule has 11 heteroatoms. The van der Waals surface area contributed by atoms with Crippen LogP contribution in [0.4, 0.5) is 23.0 Å². The van der Waals surface area contributed by atoms with Crippen molar-refractivity contribution in [3.8, 4) is 28.6 Å². The Morgan fingerprint density at radius 2 is 1.66 bits per heavy atom. The van der Waals surface area contributed by atoms with Crippen LogP contribution in [0, 0.1) is 6.92 Å². The Morgan fingerprint density at radius 3 is 2.24 bits per heavy atom. The average Bonchev–Trinajstić information content (AvgIpc) is 2.92. The van der Waals surface area contributed by atoms with Crippen LogP contribution in [0.15, 0.2) is 43.2 Å². The molecule has 38 heavy (non-hydrogen) atoms. The Kier molecular flexibility index (Phi) is 9.44. The summed E-state index contributed by atoms with van der Waals surface area (Å²) in [5.74, 6) is 1.91. The summed E-state index contributed by atoms with van der Waals surface area (Å²) in [7, 11) is 10.7. The highest BCUT2D eigenvalue weighted by Gasteiger charge is 2.17. The fourth-order valence-electron chi connectivity index (χ4n) is 3.72. The van der Waals surface area contributed by atoms with Crippen molar-refractivity contribution in [3.05, 3.63) is 48.8 Å². The van der Waals surface area contributed by atoms with Crippen molar-refractivity contribution in [1.82, 2.24) is 19.9 Å². The van der Waals surface area contributed by atoms with E-state index in [9.17, 15) is 4.79 Å². The number of hydrogen-bond donors (Lipinski definition) is 2. The minimum absolute atomic E-state index is 0.299. The third kappa shape index (κ3) is 6.68. The summed E-state index contributed by atoms with van der Waals surface area (Å²) < 4.78 is 16.3. The summed E-state index contributed by atoms with van der Waals surface area (Å²) in [5, 5.41) is 6.17. The summed E-state index contributed by atoms with van der Waals surface area (Å²) >= 11 is 0. The Hall–Kier alpha value is -4.38. The van der Waals surface area contributed by atoms with Crippen LogP contribution < -0.4 is 29.7 Å². The molecule has 0 saturated heterocycles. The second-order valence-electron chi connectivity index (χ2n) is 8.77. The van der Waals surface area contributed by atoms with Crippen LogP contribution in [0.2, 0.25) is 0 Å². The molecule has 1 amide bonds. The number of ether oxygens (including phenoxy) is 3. The first kappa shape index (κ1) is 28.2. The molecular formula is C27H35N7O4. The number of carbonyl (C=O) groups excluding carboxylic acids is 1. The number of aryl methyl sites for hydroxylation is 1. The third-order valence-corrected chi connectivity index (χ3v) is 5.82. The molecule has 0 atom stereocenters. The molecular weight excluding hydrogens is 486 g/mol. The SMILES string of the molecule is C=CC(=O)Nc1cc(Nc2ncnc(-c3cc(OC)c(OC)c(OC)c3)n2)c(C)cc1N(C)CCN(C)C. The summed E-state index contributed by atoms with van der Waals surface area (Å²) in [6.45, 7) is 7.19. The zero-order valence-electron chi connectivity index (χ0n) is 23.0. The van der Waals surface area contributed by atoms with Gasteiger partial charge in [0.15, 0.2) is 17.3 Å². The number of nitrogens with zero attached hydrogens (tertiary/aromatic N) is 5. The van der Waals surface area contributed by atoms with Crippen LogP contribution in [-0.4, -0.2) is 81.3 Å². The quantitative estimate of drug-likeness (QED) is 0.342. The van der Waals surface area contributed by atoms with Gasteiger partial charge in [-0.25, -0.2) is 9.97 Å². The second-order valence-corrected chi connectivity index (χ2v) is 8.77. The largest absolute Gasteiger partial charge is 0.493 e. The number of amides is 1. The van der Waals surface area contributed by atoms with Crippen molar-refractivity contribution in [1.29, 1.82) is 0 Å². The lowest BCUT2D eigenvalue weighted by Crippen LogP contribution is -2.29. The highest BCUT2D eigenvalue weighted by molar-refractivity contribution is 6.02. The molecule has 202 valence electrons. The van der Waals surface area contributed by atoms with Gasteiger partial charge in [-0.15, -0.1) is 0 Å². The van der Waals surface area contributed by atoms with Gasteiger partial charge in [-0.05, 0) is 56.9 Å². The zero-order valence-corrected chi connectivity index (χ0v) is 23.0. The highest BCUT2D eigenvalue weighted by Crippen LogP contribution is 2.40. The van der Waals surface area contributed by atoms with Gasteiger partial charge in [-0.1, -0.05) is 6.58 Å². The lowest BCUT2D eigenvalue weighted by Gasteiger charge is -2.25. The molecule has 0 bridgehead atoms. The van der Waals surface area contributed by atoms with E-state index in [1.165, 1.54) is 12.4 Å². The molecule has 0 unspecified atom stereocenters. The van der Waals surface area contributed by atoms with E-state index in [2.05, 4.69) is 42.0 Å². The molecule has 0 radical (unpaired) electrons. The van der Waals surface area contributed by atoms with Crippen molar-refractivity contribution in [2.24, 2.45) is 0 Å². The van der Waals surface area contributed by atoms with E-state index in [1.807, 2.05) is 40.2 Å².